The molecule has 1 aromatic rings. The summed E-state index contributed by atoms with van der Waals surface area (Å²) < 4.78 is 34.9. The van der Waals surface area contributed by atoms with Gasteiger partial charge < -0.3 is 5.21 Å². The van der Waals surface area contributed by atoms with Gasteiger partial charge in [-0.05, 0) is 0 Å². The molecule has 0 saturated heterocycles. The second-order valence-electron chi connectivity index (χ2n) is 0.893. The van der Waals surface area contributed by atoms with Gasteiger partial charge in [-0.15, -0.1) is 0 Å². The van der Waals surface area contributed by atoms with Crippen LogP contribution in [-0.4, -0.2) is 0 Å². The lowest BCUT2D eigenvalue weighted by atomic mass is 10.5. The van der Waals surface area contributed by atoms with Crippen molar-refractivity contribution in [2.45, 2.75) is 0 Å². The van der Waals surface area contributed by atoms with E-state index in [9.17, 15) is 5.21 Å². The lowest BCUT2D eigenvalue weighted by molar-refractivity contribution is -0.605. The van der Waals surface area contributed by atoms with E-state index in [1.54, 1.807) is 0 Å². The number of hydrogen-bond acceptors (Lipinski definition) is 1. The molecule has 1 rings (SSSR count). The molecule has 0 aliphatic rings. The summed E-state index contributed by atoms with van der Waals surface area (Å²) >= 11 is 0. The van der Waals surface area contributed by atoms with Gasteiger partial charge in [0.2, 0.25) is 0 Å². The average molecular weight is 100 g/mol. The quantitative estimate of drug-likeness (QED) is 0.340. The van der Waals surface area contributed by atoms with Gasteiger partial charge in [0.25, 0.3) is 0 Å². The number of pyridine rings is 1. The van der Waals surface area contributed by atoms with Crippen LogP contribution in [0.3, 0.4) is 0 Å². The maximum atomic E-state index is 10.8. The van der Waals surface area contributed by atoms with Gasteiger partial charge in [0.1, 0.15) is 2.74 Å². The van der Waals surface area contributed by atoms with Crippen molar-refractivity contribution < 1.29 is 11.6 Å². The first-order valence-corrected chi connectivity index (χ1v) is 1.63. The maximum absolute atomic E-state index is 10.8. The minimum absolute atomic E-state index is 0.150. The van der Waals surface area contributed by atoms with Crippen molar-refractivity contribution in [3.8, 4) is 0 Å². The Labute approximate surface area is 48.6 Å². The van der Waals surface area contributed by atoms with Crippen LogP contribution in [0, 0.1) is 5.21 Å². The van der Waals surface area contributed by atoms with Crippen molar-refractivity contribution in [2.24, 2.45) is 0 Å². The number of rotatable bonds is 0. The summed E-state index contributed by atoms with van der Waals surface area (Å²) in [5, 5.41) is 10.8. The molecule has 0 unspecified atom stereocenters. The fourth-order valence-corrected chi connectivity index (χ4v) is 0.217. The van der Waals surface area contributed by atoms with E-state index in [4.69, 9.17) is 6.85 Å². The highest BCUT2D eigenvalue weighted by atomic mass is 16.5. The van der Waals surface area contributed by atoms with Crippen molar-refractivity contribution >= 4 is 0 Å². The zero-order chi connectivity index (χ0) is 9.46. The van der Waals surface area contributed by atoms with Crippen LogP contribution in [0.15, 0.2) is 30.5 Å². The first-order chi connectivity index (χ1) is 5.46. The summed E-state index contributed by atoms with van der Waals surface area (Å²) in [5.74, 6) is 0. The van der Waals surface area contributed by atoms with Crippen LogP contribution in [0.25, 0.3) is 0 Å². The van der Waals surface area contributed by atoms with E-state index in [1.165, 1.54) is 0 Å². The summed E-state index contributed by atoms with van der Waals surface area (Å²) in [4.78, 5) is 0. The lowest BCUT2D eigenvalue weighted by Crippen LogP contribution is -2.22. The van der Waals surface area contributed by atoms with Gasteiger partial charge in [0.15, 0.2) is 12.3 Å². The maximum Gasteiger partial charge on any atom is 0.180 e. The monoisotopic (exact) mass is 100 g/mol. The fourth-order valence-electron chi connectivity index (χ4n) is 0.217. The first-order valence-electron chi connectivity index (χ1n) is 4.13. The van der Waals surface area contributed by atoms with Gasteiger partial charge in [0.05, 0.1) is 4.11 Å². The van der Waals surface area contributed by atoms with Crippen LogP contribution in [0.2, 0.25) is 0 Å². The Kier molecular flexibility index (Phi) is 0.278. The van der Waals surface area contributed by atoms with E-state index < -0.39 is 30.5 Å². The number of nitrogens with zero attached hydrogens (tertiary/aromatic N) is 1. The Morgan fingerprint density at radius 1 is 1.29 bits per heavy atom. The molecule has 1 aromatic heterocycles. The summed E-state index contributed by atoms with van der Waals surface area (Å²) in [6, 6.07) is -1.80. The summed E-state index contributed by atoms with van der Waals surface area (Å²) in [6.07, 6.45) is -1.53. The standard InChI is InChI=1S/C5H5NO/c7-6-4-2-1-3-5-6/h1-5H/i1D,2D,3D,4D,5D. The highest BCUT2D eigenvalue weighted by molar-refractivity contribution is 4.83. The van der Waals surface area contributed by atoms with Crippen LogP contribution >= 0.6 is 0 Å². The first kappa shape index (κ1) is 1.22. The Morgan fingerprint density at radius 3 is 2.43 bits per heavy atom. The zero-order valence-corrected chi connectivity index (χ0v) is 3.36. The predicted molar refractivity (Wildman–Crippen MR) is 25.4 cm³/mol. The number of hydrogen-bond donors (Lipinski definition) is 0. The Hall–Kier alpha value is -1.05. The minimum atomic E-state index is -0.763. The summed E-state index contributed by atoms with van der Waals surface area (Å²) in [6.45, 7) is 0. The fraction of sp³-hybridized carbons (Fsp3) is 0. The predicted octanol–water partition coefficient (Wildman–Crippen LogP) is 0.320. The van der Waals surface area contributed by atoms with E-state index in [2.05, 4.69) is 0 Å². The van der Waals surface area contributed by atoms with Crippen molar-refractivity contribution in [2.75, 3.05) is 0 Å². The Bertz CT molecular complexity index is 234. The number of aromatic nitrogens is 1. The normalized spacial score (nSPS) is 18.6. The molecule has 0 aliphatic heterocycles. The van der Waals surface area contributed by atoms with Crippen LogP contribution in [-0.2, 0) is 0 Å². The molecule has 0 atom stereocenters. The van der Waals surface area contributed by atoms with Crippen molar-refractivity contribution in [1.82, 2.24) is 0 Å². The third kappa shape index (κ3) is 0.892. The molecule has 0 N–H and O–H groups in total. The second kappa shape index (κ2) is 1.60. The third-order valence-corrected chi connectivity index (χ3v) is 0.440. The molecule has 0 aromatic carbocycles. The third-order valence-electron chi connectivity index (χ3n) is 0.440. The molecular formula is C5H5NO. The molecule has 0 bridgehead atoms. The van der Waals surface area contributed by atoms with Crippen molar-refractivity contribution in [1.29, 1.82) is 0 Å². The van der Waals surface area contributed by atoms with Crippen LogP contribution in [0.1, 0.15) is 6.85 Å². The SMILES string of the molecule is [2H]c1c([2H])c([2H])[n+]([O-])c([2H])c1[2H]. The molecule has 0 saturated carbocycles. The molecule has 0 spiro atoms. The minimum Gasteiger partial charge on any atom is -0.619 e. The van der Waals surface area contributed by atoms with E-state index in [0.29, 0.717) is 0 Å². The van der Waals surface area contributed by atoms with Gasteiger partial charge in [-0.1, -0.05) is 6.04 Å². The van der Waals surface area contributed by atoms with Gasteiger partial charge in [-0.25, -0.2) is 0 Å². The van der Waals surface area contributed by atoms with Crippen molar-refractivity contribution in [3.05, 3.63) is 35.7 Å². The molecule has 0 radical (unpaired) electrons. The molecule has 1 heterocycles. The van der Waals surface area contributed by atoms with E-state index >= 15 is 0 Å². The zero-order valence-electron chi connectivity index (χ0n) is 8.36. The average Bonchev–Trinajstić information content (AvgIpc) is 2.08. The molecule has 2 heteroatoms. The van der Waals surface area contributed by atoms with E-state index in [0.717, 1.165) is 0 Å². The van der Waals surface area contributed by atoms with Crippen LogP contribution in [0.5, 0.6) is 0 Å². The van der Waals surface area contributed by atoms with Crippen LogP contribution < -0.4 is 4.73 Å². The smallest absolute Gasteiger partial charge is 0.180 e. The largest absolute Gasteiger partial charge is 0.619 e. The van der Waals surface area contributed by atoms with Gasteiger partial charge >= 0.3 is 0 Å². The molecule has 0 amide bonds. The Morgan fingerprint density at radius 2 is 1.86 bits per heavy atom. The summed E-state index contributed by atoms with van der Waals surface area (Å²) in [5.41, 5.74) is 0. The molecule has 36 valence electrons. The van der Waals surface area contributed by atoms with Crippen LogP contribution in [0.4, 0.5) is 0 Å². The van der Waals surface area contributed by atoms with Gasteiger partial charge in [0, 0.05) is 12.1 Å². The van der Waals surface area contributed by atoms with Crippen molar-refractivity contribution in [3.63, 3.8) is 0 Å². The highest BCUT2D eigenvalue weighted by Gasteiger charge is 1.74. The highest BCUT2D eigenvalue weighted by Crippen LogP contribution is 1.72. The van der Waals surface area contributed by atoms with E-state index in [1.807, 2.05) is 0 Å². The topological polar surface area (TPSA) is 26.9 Å². The van der Waals surface area contributed by atoms with E-state index in [-0.39, 0.29) is 4.73 Å². The molecule has 0 aliphatic carbocycles. The molecule has 7 heavy (non-hydrogen) atoms. The second-order valence-corrected chi connectivity index (χ2v) is 0.893. The Balaban J connectivity index is 3.60. The van der Waals surface area contributed by atoms with Gasteiger partial charge in [-0.2, -0.15) is 4.73 Å². The molecule has 2 nitrogen and oxygen atoms in total. The summed E-state index contributed by atoms with van der Waals surface area (Å²) in [7, 11) is 0. The molecular weight excluding hydrogens is 90.1 g/mol. The lowest BCUT2D eigenvalue weighted by Gasteiger charge is -1.88. The molecule has 0 fully saturated rings. The van der Waals surface area contributed by atoms with Gasteiger partial charge in [-0.3, -0.25) is 0 Å².